The fourth-order valence-electron chi connectivity index (χ4n) is 2.20. The lowest BCUT2D eigenvalue weighted by atomic mass is 10.2. The third kappa shape index (κ3) is 3.31. The van der Waals surface area contributed by atoms with Gasteiger partial charge in [-0.3, -0.25) is 9.59 Å². The number of hydrogen-bond donors (Lipinski definition) is 1. The van der Waals surface area contributed by atoms with Gasteiger partial charge in [0.25, 0.3) is 15.9 Å². The maximum Gasteiger partial charge on any atom is 0.307 e. The molecule has 2 amide bonds. The smallest absolute Gasteiger partial charge is 0.307 e. The molecule has 1 saturated heterocycles. The summed E-state index contributed by atoms with van der Waals surface area (Å²) in [6.45, 7) is 1.80. The van der Waals surface area contributed by atoms with Gasteiger partial charge in [0.1, 0.15) is 5.75 Å². The van der Waals surface area contributed by atoms with Crippen LogP contribution in [0.5, 0.6) is 5.75 Å². The number of aryl methyl sites for hydroxylation is 1. The van der Waals surface area contributed by atoms with Crippen molar-refractivity contribution < 1.29 is 23.1 Å². The van der Waals surface area contributed by atoms with E-state index in [1.807, 2.05) is 0 Å². The summed E-state index contributed by atoms with van der Waals surface area (Å²) in [4.78, 5) is 24.5. The van der Waals surface area contributed by atoms with E-state index in [2.05, 4.69) is 0 Å². The molecule has 0 saturated carbocycles. The molecular weight excluding hydrogens is 362 g/mol. The lowest BCUT2D eigenvalue weighted by Crippen LogP contribution is -2.34. The Bertz CT molecular complexity index is 977. The molecule has 2 aromatic carbocycles. The van der Waals surface area contributed by atoms with Gasteiger partial charge in [-0.1, -0.05) is 29.8 Å². The molecule has 1 heterocycles. The Morgan fingerprint density at radius 3 is 2.20 bits per heavy atom. The number of rotatable bonds is 3. The molecule has 0 bridgehead atoms. The fraction of sp³-hybridized carbons (Fsp3) is 0.0588. The number of hydrogen-bond acceptors (Lipinski definition) is 6. The number of imide groups is 1. The summed E-state index contributed by atoms with van der Waals surface area (Å²) in [6.07, 6.45) is 1.41. The maximum absolute atomic E-state index is 12.6. The first kappa shape index (κ1) is 17.2. The SMILES string of the molecule is Cc1ccc(S(=O)(=O)N2C(=O)S/C(=C\c3ccc(O)cc3)C2=O)cc1. The number of amides is 2. The van der Waals surface area contributed by atoms with E-state index < -0.39 is 21.2 Å². The van der Waals surface area contributed by atoms with Crippen LogP contribution >= 0.6 is 11.8 Å². The number of nitrogens with zero attached hydrogens (tertiary/aromatic N) is 1. The molecule has 0 radical (unpaired) electrons. The van der Waals surface area contributed by atoms with Crippen molar-refractivity contribution in [1.82, 2.24) is 4.31 Å². The predicted molar refractivity (Wildman–Crippen MR) is 94.3 cm³/mol. The zero-order valence-corrected chi connectivity index (χ0v) is 14.7. The molecule has 0 aromatic heterocycles. The first-order valence-electron chi connectivity index (χ1n) is 7.18. The van der Waals surface area contributed by atoms with Crippen LogP contribution in [0.25, 0.3) is 6.08 Å². The van der Waals surface area contributed by atoms with Crippen molar-refractivity contribution in [3.63, 3.8) is 0 Å². The molecule has 1 fully saturated rings. The summed E-state index contributed by atoms with van der Waals surface area (Å²) in [5.74, 6) is -0.823. The Balaban J connectivity index is 1.96. The lowest BCUT2D eigenvalue weighted by molar-refractivity contribution is -0.119. The second kappa shape index (κ2) is 6.38. The molecule has 0 spiro atoms. The van der Waals surface area contributed by atoms with Gasteiger partial charge < -0.3 is 5.11 Å². The molecule has 2 aromatic rings. The molecular formula is C17H13NO5S2. The minimum Gasteiger partial charge on any atom is -0.508 e. The number of thioether (sulfide) groups is 1. The van der Waals surface area contributed by atoms with Gasteiger partial charge in [0.2, 0.25) is 0 Å². The highest BCUT2D eigenvalue weighted by atomic mass is 32.2. The van der Waals surface area contributed by atoms with Crippen molar-refractivity contribution in [2.45, 2.75) is 11.8 Å². The van der Waals surface area contributed by atoms with E-state index in [0.29, 0.717) is 17.3 Å². The average molecular weight is 375 g/mol. The Morgan fingerprint density at radius 1 is 1.00 bits per heavy atom. The molecule has 1 aliphatic heterocycles. The largest absolute Gasteiger partial charge is 0.508 e. The van der Waals surface area contributed by atoms with Crippen molar-refractivity contribution in [3.05, 3.63) is 64.6 Å². The van der Waals surface area contributed by atoms with Gasteiger partial charge in [-0.15, -0.1) is 0 Å². The topological polar surface area (TPSA) is 91.8 Å². The van der Waals surface area contributed by atoms with Crippen LogP contribution in [0.2, 0.25) is 0 Å². The fourth-order valence-corrected chi connectivity index (χ4v) is 4.59. The first-order chi connectivity index (χ1) is 11.8. The summed E-state index contributed by atoms with van der Waals surface area (Å²) >= 11 is 0.562. The number of carbonyl (C=O) groups excluding carboxylic acids is 2. The molecule has 3 rings (SSSR count). The van der Waals surface area contributed by atoms with Crippen LogP contribution in [-0.2, 0) is 14.8 Å². The first-order valence-corrected chi connectivity index (χ1v) is 9.43. The van der Waals surface area contributed by atoms with Gasteiger partial charge in [-0.25, -0.2) is 8.42 Å². The standard InChI is InChI=1S/C17H13NO5S2/c1-11-2-8-14(9-3-11)25(22,23)18-16(20)15(24-17(18)21)10-12-4-6-13(19)7-5-12/h2-10,19H,1H3/b15-10-. The zero-order chi connectivity index (χ0) is 18.2. The molecule has 25 heavy (non-hydrogen) atoms. The number of benzene rings is 2. The molecule has 0 unspecified atom stereocenters. The van der Waals surface area contributed by atoms with Crippen LogP contribution in [0, 0.1) is 6.92 Å². The number of phenolic OH excluding ortho intramolecular Hbond substituents is 1. The van der Waals surface area contributed by atoms with E-state index in [1.54, 1.807) is 31.2 Å². The molecule has 8 heteroatoms. The third-order valence-electron chi connectivity index (χ3n) is 3.51. The quantitative estimate of drug-likeness (QED) is 0.829. The number of aromatic hydroxyl groups is 1. The molecule has 6 nitrogen and oxygen atoms in total. The Labute approximate surface area is 148 Å². The summed E-state index contributed by atoms with van der Waals surface area (Å²) in [5.41, 5.74) is 1.43. The summed E-state index contributed by atoms with van der Waals surface area (Å²) in [7, 11) is -4.25. The highest BCUT2D eigenvalue weighted by Crippen LogP contribution is 2.36. The highest BCUT2D eigenvalue weighted by molar-refractivity contribution is 8.19. The van der Waals surface area contributed by atoms with E-state index in [4.69, 9.17) is 0 Å². The van der Waals surface area contributed by atoms with Crippen LogP contribution in [0.1, 0.15) is 11.1 Å². The molecule has 0 atom stereocenters. The summed E-state index contributed by atoms with van der Waals surface area (Å²) in [6, 6.07) is 11.9. The zero-order valence-electron chi connectivity index (χ0n) is 13.0. The third-order valence-corrected chi connectivity index (χ3v) is 6.17. The predicted octanol–water partition coefficient (Wildman–Crippen LogP) is 3.13. The second-order valence-electron chi connectivity index (χ2n) is 5.36. The van der Waals surface area contributed by atoms with Gasteiger partial charge in [-0.2, -0.15) is 4.31 Å². The van der Waals surface area contributed by atoms with Gasteiger partial charge in [0.15, 0.2) is 0 Å². The van der Waals surface area contributed by atoms with Crippen LogP contribution in [0.4, 0.5) is 4.79 Å². The Hall–Kier alpha value is -2.58. The number of sulfonamides is 1. The van der Waals surface area contributed by atoms with E-state index >= 15 is 0 Å². The Morgan fingerprint density at radius 2 is 1.60 bits per heavy atom. The molecule has 0 aliphatic carbocycles. The van der Waals surface area contributed by atoms with E-state index in [-0.39, 0.29) is 19.9 Å². The average Bonchev–Trinajstić information content (AvgIpc) is 2.84. The van der Waals surface area contributed by atoms with Crippen LogP contribution in [0.15, 0.2) is 58.3 Å². The van der Waals surface area contributed by atoms with Crippen molar-refractivity contribution in [2.24, 2.45) is 0 Å². The van der Waals surface area contributed by atoms with Crippen molar-refractivity contribution in [1.29, 1.82) is 0 Å². The van der Waals surface area contributed by atoms with Crippen LogP contribution in [-0.4, -0.2) is 29.0 Å². The highest BCUT2D eigenvalue weighted by Gasteiger charge is 2.44. The van der Waals surface area contributed by atoms with E-state index in [0.717, 1.165) is 5.56 Å². The second-order valence-corrected chi connectivity index (χ2v) is 8.14. The summed E-state index contributed by atoms with van der Waals surface area (Å²) < 4.78 is 25.5. The van der Waals surface area contributed by atoms with Crippen molar-refractivity contribution in [3.8, 4) is 5.75 Å². The monoisotopic (exact) mass is 375 g/mol. The van der Waals surface area contributed by atoms with E-state index in [9.17, 15) is 23.1 Å². The van der Waals surface area contributed by atoms with Gasteiger partial charge in [-0.05, 0) is 54.6 Å². The van der Waals surface area contributed by atoms with Crippen LogP contribution < -0.4 is 0 Å². The van der Waals surface area contributed by atoms with Crippen molar-refractivity contribution >= 4 is 39.0 Å². The maximum atomic E-state index is 12.6. The Kier molecular flexibility index (Phi) is 4.40. The normalized spacial score (nSPS) is 16.7. The minimum atomic E-state index is -4.25. The molecule has 128 valence electrons. The van der Waals surface area contributed by atoms with Gasteiger partial charge in [0, 0.05) is 0 Å². The summed E-state index contributed by atoms with van der Waals surface area (Å²) in [5, 5.41) is 8.41. The van der Waals surface area contributed by atoms with Crippen molar-refractivity contribution in [2.75, 3.05) is 0 Å². The van der Waals surface area contributed by atoms with Gasteiger partial charge in [0.05, 0.1) is 9.80 Å². The van der Waals surface area contributed by atoms with E-state index in [1.165, 1.54) is 30.3 Å². The lowest BCUT2D eigenvalue weighted by Gasteiger charge is -2.13. The minimum absolute atomic E-state index is 0.00590. The van der Waals surface area contributed by atoms with Crippen LogP contribution in [0.3, 0.4) is 0 Å². The van der Waals surface area contributed by atoms with Gasteiger partial charge >= 0.3 is 5.24 Å². The number of carbonyl (C=O) groups is 2. The molecule has 1 aliphatic rings. The molecule has 1 N–H and O–H groups in total. The number of phenols is 1.